The van der Waals surface area contributed by atoms with Gasteiger partial charge < -0.3 is 20.5 Å². The second-order valence-electron chi connectivity index (χ2n) is 5.35. The van der Waals surface area contributed by atoms with Crippen LogP contribution in [0.4, 0.5) is 0 Å². The van der Waals surface area contributed by atoms with E-state index < -0.39 is 0 Å². The Hall–Kier alpha value is -1.91. The topological polar surface area (TPSA) is 68.9 Å². The number of nitrogens with zero attached hydrogens (tertiary/aromatic N) is 1. The molecule has 1 aromatic rings. The molecular weight excluding hydrogens is 254 g/mol. The van der Waals surface area contributed by atoms with Crippen LogP contribution in [-0.4, -0.2) is 31.3 Å². The van der Waals surface area contributed by atoms with Gasteiger partial charge in [0.25, 0.3) is 0 Å². The zero-order valence-electron chi connectivity index (χ0n) is 11.5. The fourth-order valence-electron chi connectivity index (χ4n) is 2.68. The first kappa shape index (κ1) is 13.1. The summed E-state index contributed by atoms with van der Waals surface area (Å²) in [5.41, 5.74) is 5.91. The van der Waals surface area contributed by atoms with Gasteiger partial charge in [0.1, 0.15) is 6.61 Å². The van der Waals surface area contributed by atoms with Crippen molar-refractivity contribution in [1.29, 1.82) is 0 Å². The Balaban J connectivity index is 1.51. The quantitative estimate of drug-likeness (QED) is 0.650. The van der Waals surface area contributed by atoms with Gasteiger partial charge in [0.15, 0.2) is 23.6 Å². The lowest BCUT2D eigenvalue weighted by molar-refractivity contribution is 0.0971. The third kappa shape index (κ3) is 3.15. The predicted octanol–water partition coefficient (Wildman–Crippen LogP) is 1.67. The van der Waals surface area contributed by atoms with Crippen LogP contribution in [0.15, 0.2) is 29.3 Å². The van der Waals surface area contributed by atoms with E-state index in [-0.39, 0.29) is 6.10 Å². The van der Waals surface area contributed by atoms with Crippen LogP contribution < -0.4 is 20.5 Å². The normalized spacial score (nSPS) is 22.8. The molecule has 0 saturated heterocycles. The van der Waals surface area contributed by atoms with Crippen LogP contribution in [-0.2, 0) is 0 Å². The number of guanidine groups is 1. The van der Waals surface area contributed by atoms with Gasteiger partial charge in [-0.3, -0.25) is 0 Å². The van der Waals surface area contributed by atoms with Crippen LogP contribution in [0.5, 0.6) is 11.5 Å². The summed E-state index contributed by atoms with van der Waals surface area (Å²) in [6, 6.07) is 8.17. The molecule has 0 spiro atoms. The van der Waals surface area contributed by atoms with Crippen molar-refractivity contribution in [3.8, 4) is 11.5 Å². The van der Waals surface area contributed by atoms with E-state index in [4.69, 9.17) is 15.2 Å². The molecule has 1 fully saturated rings. The number of benzene rings is 1. The maximum atomic E-state index is 5.91. The zero-order chi connectivity index (χ0) is 13.8. The number of nitrogens with one attached hydrogen (secondary N) is 1. The molecule has 1 heterocycles. The molecular formula is C15H21N3O2. The maximum Gasteiger partial charge on any atom is 0.188 e. The summed E-state index contributed by atoms with van der Waals surface area (Å²) in [5.74, 6) is 2.09. The van der Waals surface area contributed by atoms with Crippen LogP contribution in [0.1, 0.15) is 25.7 Å². The molecule has 3 N–H and O–H groups in total. The minimum atomic E-state index is -0.0752. The van der Waals surface area contributed by atoms with E-state index in [0.717, 1.165) is 11.5 Å². The van der Waals surface area contributed by atoms with Crippen molar-refractivity contribution in [3.05, 3.63) is 24.3 Å². The van der Waals surface area contributed by atoms with Gasteiger partial charge in [-0.15, -0.1) is 0 Å². The summed E-state index contributed by atoms with van der Waals surface area (Å²) in [4.78, 5) is 4.36. The number of para-hydroxylation sites is 2. The number of ether oxygens (including phenoxy) is 2. The van der Waals surface area contributed by atoms with Crippen molar-refractivity contribution < 1.29 is 9.47 Å². The van der Waals surface area contributed by atoms with Crippen LogP contribution in [0.3, 0.4) is 0 Å². The van der Waals surface area contributed by atoms with E-state index in [1.807, 2.05) is 24.3 Å². The first-order valence-electron chi connectivity index (χ1n) is 7.26. The van der Waals surface area contributed by atoms with E-state index in [1.165, 1.54) is 25.7 Å². The molecule has 0 unspecified atom stereocenters. The Morgan fingerprint density at radius 2 is 2.00 bits per heavy atom. The molecule has 20 heavy (non-hydrogen) atoms. The van der Waals surface area contributed by atoms with Crippen LogP contribution >= 0.6 is 0 Å². The van der Waals surface area contributed by atoms with E-state index in [9.17, 15) is 0 Å². The van der Waals surface area contributed by atoms with Gasteiger partial charge in [-0.1, -0.05) is 25.0 Å². The fourth-order valence-corrected chi connectivity index (χ4v) is 2.68. The number of nitrogens with two attached hydrogens (primary N) is 1. The lowest BCUT2D eigenvalue weighted by Gasteiger charge is -2.25. The van der Waals surface area contributed by atoms with Gasteiger partial charge in [-0.05, 0) is 25.0 Å². The molecule has 108 valence electrons. The molecule has 1 aliphatic heterocycles. The Morgan fingerprint density at radius 3 is 2.80 bits per heavy atom. The second-order valence-corrected chi connectivity index (χ2v) is 5.35. The Morgan fingerprint density at radius 1 is 1.25 bits per heavy atom. The standard InChI is InChI=1S/C15H21N3O2/c16-15(18-11-5-1-2-6-11)17-9-12-10-19-13-7-3-4-8-14(13)20-12/h3-4,7-8,11-12H,1-2,5-6,9-10H2,(H3,16,17,18)/t12-/m1/s1. The average molecular weight is 275 g/mol. The van der Waals surface area contributed by atoms with Crippen molar-refractivity contribution in [2.24, 2.45) is 10.7 Å². The molecule has 5 nitrogen and oxygen atoms in total. The first-order valence-corrected chi connectivity index (χ1v) is 7.26. The second kappa shape index (κ2) is 6.03. The third-order valence-corrected chi connectivity index (χ3v) is 3.74. The number of aliphatic imine (C=N–C) groups is 1. The monoisotopic (exact) mass is 275 g/mol. The maximum absolute atomic E-state index is 5.91. The summed E-state index contributed by atoms with van der Waals surface area (Å²) < 4.78 is 11.5. The highest BCUT2D eigenvalue weighted by atomic mass is 16.6. The number of fused-ring (bicyclic) bond motifs is 1. The van der Waals surface area contributed by atoms with Gasteiger partial charge in [-0.2, -0.15) is 0 Å². The first-order chi connectivity index (χ1) is 9.81. The summed E-state index contributed by atoms with van der Waals surface area (Å²) in [6.07, 6.45) is 4.86. The van der Waals surface area contributed by atoms with Gasteiger partial charge in [-0.25, -0.2) is 4.99 Å². The molecule has 5 heteroatoms. The molecule has 0 aromatic heterocycles. The van der Waals surface area contributed by atoms with Gasteiger partial charge >= 0.3 is 0 Å². The number of hydrogen-bond donors (Lipinski definition) is 2. The molecule has 0 radical (unpaired) electrons. The third-order valence-electron chi connectivity index (χ3n) is 3.74. The number of rotatable bonds is 3. The molecule has 0 bridgehead atoms. The van der Waals surface area contributed by atoms with Crippen molar-refractivity contribution in [3.63, 3.8) is 0 Å². The smallest absolute Gasteiger partial charge is 0.188 e. The fraction of sp³-hybridized carbons (Fsp3) is 0.533. The highest BCUT2D eigenvalue weighted by Crippen LogP contribution is 2.30. The lowest BCUT2D eigenvalue weighted by atomic mass is 10.2. The summed E-state index contributed by atoms with van der Waals surface area (Å²) in [5, 5.41) is 3.27. The molecule has 2 aliphatic rings. The van der Waals surface area contributed by atoms with E-state index in [0.29, 0.717) is 25.2 Å². The molecule has 0 amide bonds. The molecule has 1 atom stereocenters. The minimum absolute atomic E-state index is 0.0752. The van der Waals surface area contributed by atoms with Gasteiger partial charge in [0, 0.05) is 6.04 Å². The van der Waals surface area contributed by atoms with Crippen molar-refractivity contribution in [2.75, 3.05) is 13.2 Å². The molecule has 1 aromatic carbocycles. The van der Waals surface area contributed by atoms with Crippen molar-refractivity contribution >= 4 is 5.96 Å². The predicted molar refractivity (Wildman–Crippen MR) is 78.2 cm³/mol. The van der Waals surface area contributed by atoms with Crippen LogP contribution in [0, 0.1) is 0 Å². The largest absolute Gasteiger partial charge is 0.486 e. The van der Waals surface area contributed by atoms with E-state index >= 15 is 0 Å². The van der Waals surface area contributed by atoms with E-state index in [1.54, 1.807) is 0 Å². The summed E-state index contributed by atoms with van der Waals surface area (Å²) in [7, 11) is 0. The lowest BCUT2D eigenvalue weighted by Crippen LogP contribution is -2.40. The Kier molecular flexibility index (Phi) is 3.95. The minimum Gasteiger partial charge on any atom is -0.486 e. The van der Waals surface area contributed by atoms with Crippen LogP contribution in [0.25, 0.3) is 0 Å². The average Bonchev–Trinajstić information content (AvgIpc) is 2.98. The summed E-state index contributed by atoms with van der Waals surface area (Å²) >= 11 is 0. The molecule has 1 aliphatic carbocycles. The molecule has 1 saturated carbocycles. The van der Waals surface area contributed by atoms with Crippen molar-refractivity contribution in [2.45, 2.75) is 37.8 Å². The van der Waals surface area contributed by atoms with Gasteiger partial charge in [0.05, 0.1) is 6.54 Å². The van der Waals surface area contributed by atoms with Crippen LogP contribution in [0.2, 0.25) is 0 Å². The van der Waals surface area contributed by atoms with Crippen molar-refractivity contribution in [1.82, 2.24) is 5.32 Å². The highest BCUT2D eigenvalue weighted by molar-refractivity contribution is 5.78. The zero-order valence-corrected chi connectivity index (χ0v) is 11.5. The molecule has 3 rings (SSSR count). The van der Waals surface area contributed by atoms with Gasteiger partial charge in [0.2, 0.25) is 0 Å². The number of hydrogen-bond acceptors (Lipinski definition) is 3. The Bertz CT molecular complexity index is 484. The SMILES string of the molecule is NC(=NC[C@@H]1COc2ccccc2O1)NC1CCCC1. The summed E-state index contributed by atoms with van der Waals surface area (Å²) in [6.45, 7) is 1.02. The Labute approximate surface area is 119 Å². The highest BCUT2D eigenvalue weighted by Gasteiger charge is 2.20. The van der Waals surface area contributed by atoms with E-state index in [2.05, 4.69) is 10.3 Å².